The Hall–Kier alpha value is -2.01. The van der Waals surface area contributed by atoms with Gasteiger partial charge < -0.3 is 20.8 Å². The molecule has 1 aromatic heterocycles. The molecule has 12 nitrogen and oxygen atoms in total. The molecule has 29 heavy (non-hydrogen) atoms. The highest BCUT2D eigenvalue weighted by atomic mass is 32.2. The van der Waals surface area contributed by atoms with Crippen molar-refractivity contribution in [2.24, 2.45) is 5.16 Å². The van der Waals surface area contributed by atoms with Crippen LogP contribution in [0.4, 0.5) is 5.13 Å². The fourth-order valence-electron chi connectivity index (χ4n) is 2.31. The summed E-state index contributed by atoms with van der Waals surface area (Å²) in [5.74, 6) is -1.79. The van der Waals surface area contributed by atoms with Gasteiger partial charge in [0.25, 0.3) is 11.8 Å². The molecule has 1 aliphatic heterocycles. The van der Waals surface area contributed by atoms with E-state index in [1.807, 2.05) is 0 Å². The Labute approximate surface area is 180 Å². The lowest BCUT2D eigenvalue weighted by molar-refractivity contribution is -0.143. The van der Waals surface area contributed by atoms with E-state index in [1.54, 1.807) is 19.0 Å². The maximum atomic E-state index is 12.6. The number of rotatable bonds is 7. The highest BCUT2D eigenvalue weighted by molar-refractivity contribution is 8.22. The van der Waals surface area contributed by atoms with Crippen molar-refractivity contribution in [3.8, 4) is 0 Å². The van der Waals surface area contributed by atoms with Gasteiger partial charge in [-0.15, -0.1) is 11.3 Å². The summed E-state index contributed by atoms with van der Waals surface area (Å²) >= 11 is 7.30. The Morgan fingerprint density at radius 2 is 2.24 bits per heavy atom. The van der Waals surface area contributed by atoms with Crippen molar-refractivity contribution in [3.63, 3.8) is 0 Å². The van der Waals surface area contributed by atoms with Crippen LogP contribution in [0.15, 0.2) is 10.5 Å². The predicted molar refractivity (Wildman–Crippen MR) is 113 cm³/mol. The zero-order chi connectivity index (χ0) is 21.9. The molecule has 1 fully saturated rings. The molecule has 0 aromatic carbocycles. The molecule has 0 unspecified atom stereocenters. The molecule has 0 aliphatic carbocycles. The minimum Gasteiger partial charge on any atom is -0.398 e. The summed E-state index contributed by atoms with van der Waals surface area (Å²) in [5.41, 5.74) is 5.45. The number of nitrogens with two attached hydrogens (primary N) is 1. The van der Waals surface area contributed by atoms with Crippen molar-refractivity contribution in [2.75, 3.05) is 32.7 Å². The summed E-state index contributed by atoms with van der Waals surface area (Å²) in [6.07, 6.45) is 0. The zero-order valence-electron chi connectivity index (χ0n) is 15.4. The molecule has 0 spiro atoms. The Kier molecular flexibility index (Phi) is 7.39. The smallest absolute Gasteiger partial charge is 0.362 e. The largest absolute Gasteiger partial charge is 0.398 e. The number of thiazole rings is 1. The van der Waals surface area contributed by atoms with Gasteiger partial charge in [0.05, 0.1) is 6.04 Å². The average molecular weight is 483 g/mol. The van der Waals surface area contributed by atoms with E-state index in [2.05, 4.69) is 20.3 Å². The van der Waals surface area contributed by atoms with Crippen molar-refractivity contribution < 1.29 is 27.4 Å². The molecule has 1 aromatic rings. The second-order valence-electron chi connectivity index (χ2n) is 5.80. The quantitative estimate of drug-likeness (QED) is 0.146. The normalized spacial score (nSPS) is 19.5. The number of hydrogen-bond donors (Lipinski definition) is 3. The van der Waals surface area contributed by atoms with Gasteiger partial charge in [-0.25, -0.2) is 9.29 Å². The van der Waals surface area contributed by atoms with Crippen LogP contribution in [-0.2, 0) is 24.7 Å². The third kappa shape index (κ3) is 5.33. The SMILES string of the molecule is CO/N=C(/C(=O)N[C@@H]1C(=O)N(S(=O)(=O)O)[C@@H]1CSC(=S)N(C)C)c1csc(N)n1. The first kappa shape index (κ1) is 23.3. The highest BCUT2D eigenvalue weighted by Crippen LogP contribution is 2.27. The average Bonchev–Trinajstić information content (AvgIpc) is 3.04. The molecule has 0 radical (unpaired) electrons. The number of nitrogens with zero attached hydrogens (tertiary/aromatic N) is 4. The summed E-state index contributed by atoms with van der Waals surface area (Å²) in [6, 6.07) is -2.27. The van der Waals surface area contributed by atoms with Crippen LogP contribution in [0.3, 0.4) is 0 Å². The first-order valence-corrected chi connectivity index (χ1v) is 11.4. The van der Waals surface area contributed by atoms with Gasteiger partial charge in [0.15, 0.2) is 10.8 Å². The lowest BCUT2D eigenvalue weighted by Gasteiger charge is -2.44. The second-order valence-corrected chi connectivity index (χ2v) is 9.63. The number of oxime groups is 1. The van der Waals surface area contributed by atoms with Crippen molar-refractivity contribution in [3.05, 3.63) is 11.1 Å². The Bertz CT molecular complexity index is 945. The number of nitrogen functional groups attached to an aromatic ring is 1. The van der Waals surface area contributed by atoms with Crippen LogP contribution in [0, 0.1) is 0 Å². The fourth-order valence-corrected chi connectivity index (χ4v) is 4.95. The molecule has 0 bridgehead atoms. The molecule has 0 saturated carbocycles. The topological polar surface area (TPSA) is 168 Å². The predicted octanol–water partition coefficient (Wildman–Crippen LogP) is -0.846. The number of β-lactam (4-membered cyclic amide) rings is 1. The number of carbonyl (C=O) groups is 2. The van der Waals surface area contributed by atoms with Gasteiger partial charge in [-0.05, 0) is 0 Å². The summed E-state index contributed by atoms with van der Waals surface area (Å²) in [6.45, 7) is 0. The van der Waals surface area contributed by atoms with Gasteiger partial charge in [-0.2, -0.15) is 8.42 Å². The van der Waals surface area contributed by atoms with Crippen LogP contribution in [0.5, 0.6) is 0 Å². The molecular formula is C13H18N6O6S4. The van der Waals surface area contributed by atoms with Crippen LogP contribution < -0.4 is 11.1 Å². The molecule has 2 heterocycles. The number of thioether (sulfide) groups is 1. The molecule has 2 rings (SSSR count). The Morgan fingerprint density at radius 1 is 1.59 bits per heavy atom. The number of hydrogen-bond acceptors (Lipinski definition) is 11. The van der Waals surface area contributed by atoms with E-state index in [9.17, 15) is 22.6 Å². The second kappa shape index (κ2) is 9.21. The molecule has 1 saturated heterocycles. The number of thiocarbonyl (C=S) groups is 1. The summed E-state index contributed by atoms with van der Waals surface area (Å²) in [7, 11) is -0.174. The molecule has 4 N–H and O–H groups in total. The van der Waals surface area contributed by atoms with Crippen LogP contribution in [0.2, 0.25) is 0 Å². The monoisotopic (exact) mass is 482 g/mol. The first-order valence-electron chi connectivity index (χ1n) is 7.75. The lowest BCUT2D eigenvalue weighted by atomic mass is 10.0. The number of amides is 2. The van der Waals surface area contributed by atoms with Gasteiger partial charge in [0, 0.05) is 25.2 Å². The molecule has 2 atom stereocenters. The van der Waals surface area contributed by atoms with E-state index in [0.717, 1.165) is 23.1 Å². The number of carbonyl (C=O) groups excluding carboxylic acids is 2. The minimum absolute atomic E-state index is 0.0217. The zero-order valence-corrected chi connectivity index (χ0v) is 18.7. The van der Waals surface area contributed by atoms with E-state index < -0.39 is 34.2 Å². The van der Waals surface area contributed by atoms with Crippen LogP contribution in [-0.4, -0.2) is 88.0 Å². The molecule has 1 aliphatic rings. The van der Waals surface area contributed by atoms with Crippen molar-refractivity contribution in [2.45, 2.75) is 12.1 Å². The van der Waals surface area contributed by atoms with Crippen LogP contribution in [0.1, 0.15) is 5.69 Å². The summed E-state index contributed by atoms with van der Waals surface area (Å²) in [4.78, 5) is 35.1. The van der Waals surface area contributed by atoms with E-state index in [4.69, 9.17) is 18.0 Å². The number of nitrogens with one attached hydrogen (secondary N) is 1. The van der Waals surface area contributed by atoms with Gasteiger partial charge in [-0.1, -0.05) is 29.1 Å². The van der Waals surface area contributed by atoms with Crippen molar-refractivity contribution in [1.82, 2.24) is 19.5 Å². The maximum Gasteiger partial charge on any atom is 0.362 e. The highest BCUT2D eigenvalue weighted by Gasteiger charge is 2.54. The van der Waals surface area contributed by atoms with Crippen LogP contribution in [0.25, 0.3) is 0 Å². The molecular weight excluding hydrogens is 464 g/mol. The third-order valence-corrected chi connectivity index (χ3v) is 7.07. The van der Waals surface area contributed by atoms with Gasteiger partial charge >= 0.3 is 10.3 Å². The Balaban J connectivity index is 2.21. The summed E-state index contributed by atoms with van der Waals surface area (Å²) < 4.78 is 33.1. The van der Waals surface area contributed by atoms with Gasteiger partial charge in [-0.3, -0.25) is 14.1 Å². The number of anilines is 1. The maximum absolute atomic E-state index is 12.6. The first-order chi connectivity index (χ1) is 13.5. The minimum atomic E-state index is -4.80. The van der Waals surface area contributed by atoms with Crippen molar-refractivity contribution >= 4 is 72.6 Å². The molecule has 16 heteroatoms. The van der Waals surface area contributed by atoms with E-state index in [0.29, 0.717) is 8.63 Å². The number of aromatic nitrogens is 1. The van der Waals surface area contributed by atoms with E-state index in [-0.39, 0.29) is 22.3 Å². The Morgan fingerprint density at radius 3 is 2.72 bits per heavy atom. The standard InChI is InChI=1S/C13H18N6O6S4/c1-18(2)13(26)28-5-7-9(11(21)19(7)29(22,23)24)16-10(20)8(17-25-3)6-4-27-12(14)15-6/h4,7,9H,5H2,1-3H3,(H2,14,15)(H,16,20)(H,22,23,24)/b17-8+/t7-,9+/m1/s1. The fraction of sp³-hybridized carbons (Fsp3) is 0.462. The molecule has 2 amide bonds. The lowest BCUT2D eigenvalue weighted by Crippen LogP contribution is -2.73. The van der Waals surface area contributed by atoms with Crippen LogP contribution >= 0.6 is 35.3 Å². The summed E-state index contributed by atoms with van der Waals surface area (Å²) in [5, 5.41) is 7.67. The van der Waals surface area contributed by atoms with E-state index >= 15 is 0 Å². The third-order valence-electron chi connectivity index (χ3n) is 3.61. The van der Waals surface area contributed by atoms with Gasteiger partial charge in [0.2, 0.25) is 0 Å². The van der Waals surface area contributed by atoms with Gasteiger partial charge in [0.1, 0.15) is 23.2 Å². The van der Waals surface area contributed by atoms with Crippen molar-refractivity contribution in [1.29, 1.82) is 0 Å². The van der Waals surface area contributed by atoms with E-state index in [1.165, 1.54) is 12.5 Å². The molecule has 160 valence electrons.